The van der Waals surface area contributed by atoms with Crippen molar-refractivity contribution < 1.29 is 9.53 Å². The Morgan fingerprint density at radius 1 is 1.27 bits per heavy atom. The third-order valence-electron chi connectivity index (χ3n) is 5.15. The number of Topliss-reactive ketones (excluding diaryl/α,β-unsaturated/α-hetero) is 1. The molecule has 80 valence electrons. The summed E-state index contributed by atoms with van der Waals surface area (Å²) in [6.45, 7) is 0.915. The molecule has 0 aromatic carbocycles. The van der Waals surface area contributed by atoms with Crippen LogP contribution < -0.4 is 0 Å². The number of rotatable bonds is 0. The second-order valence-electron chi connectivity index (χ2n) is 5.63. The summed E-state index contributed by atoms with van der Waals surface area (Å²) in [5.41, 5.74) is 0.114. The van der Waals surface area contributed by atoms with Gasteiger partial charge in [-0.25, -0.2) is 0 Å². The zero-order valence-electron chi connectivity index (χ0n) is 8.82. The molecule has 15 heavy (non-hydrogen) atoms. The van der Waals surface area contributed by atoms with Crippen LogP contribution in [0.2, 0.25) is 0 Å². The minimum atomic E-state index is 0.114. The Kier molecular flexibility index (Phi) is 1.44. The number of hydrogen-bond acceptors (Lipinski definition) is 2. The fourth-order valence-corrected chi connectivity index (χ4v) is 4.47. The van der Waals surface area contributed by atoms with Gasteiger partial charge in [0.05, 0.1) is 12.2 Å². The molecule has 1 aliphatic heterocycles. The van der Waals surface area contributed by atoms with Gasteiger partial charge in [-0.1, -0.05) is 12.2 Å². The van der Waals surface area contributed by atoms with Crippen LogP contribution in [0.4, 0.5) is 0 Å². The molecular formula is C13H16O2. The zero-order valence-corrected chi connectivity index (χ0v) is 8.82. The maximum Gasteiger partial charge on any atom is 0.137 e. The molecule has 0 unspecified atom stereocenters. The van der Waals surface area contributed by atoms with Crippen LogP contribution in [0.5, 0.6) is 0 Å². The summed E-state index contributed by atoms with van der Waals surface area (Å²) in [7, 11) is 0. The Balaban J connectivity index is 1.78. The van der Waals surface area contributed by atoms with E-state index in [9.17, 15) is 4.79 Å². The van der Waals surface area contributed by atoms with Gasteiger partial charge in [-0.2, -0.15) is 0 Å². The van der Waals surface area contributed by atoms with E-state index >= 15 is 0 Å². The van der Waals surface area contributed by atoms with Gasteiger partial charge in [0.2, 0.25) is 0 Å². The monoisotopic (exact) mass is 204 g/mol. The summed E-state index contributed by atoms with van der Waals surface area (Å²) < 4.78 is 5.89. The molecule has 0 amide bonds. The predicted molar refractivity (Wildman–Crippen MR) is 55.3 cm³/mol. The smallest absolute Gasteiger partial charge is 0.137 e. The molecule has 4 rings (SSSR count). The van der Waals surface area contributed by atoms with Gasteiger partial charge in [0.25, 0.3) is 0 Å². The molecule has 0 N–H and O–H groups in total. The number of carbonyl (C=O) groups excluding carboxylic acids is 1. The van der Waals surface area contributed by atoms with Gasteiger partial charge in [-0.15, -0.1) is 0 Å². The van der Waals surface area contributed by atoms with Crippen LogP contribution in [0.3, 0.4) is 0 Å². The van der Waals surface area contributed by atoms with E-state index in [4.69, 9.17) is 4.74 Å². The molecule has 2 saturated carbocycles. The molecule has 3 aliphatic carbocycles. The molecular weight excluding hydrogens is 188 g/mol. The van der Waals surface area contributed by atoms with E-state index in [1.807, 2.05) is 0 Å². The van der Waals surface area contributed by atoms with Crippen molar-refractivity contribution in [2.75, 3.05) is 6.61 Å². The molecule has 1 saturated heterocycles. The lowest BCUT2D eigenvalue weighted by Crippen LogP contribution is -2.57. The topological polar surface area (TPSA) is 26.3 Å². The third kappa shape index (κ3) is 0.878. The molecule has 4 aliphatic rings. The molecule has 3 fully saturated rings. The van der Waals surface area contributed by atoms with Crippen molar-refractivity contribution in [3.8, 4) is 0 Å². The molecule has 2 bridgehead atoms. The van der Waals surface area contributed by atoms with Crippen LogP contribution in [0.15, 0.2) is 12.2 Å². The molecule has 2 heteroatoms. The van der Waals surface area contributed by atoms with Crippen LogP contribution in [0.25, 0.3) is 0 Å². The van der Waals surface area contributed by atoms with Crippen LogP contribution in [-0.4, -0.2) is 18.0 Å². The van der Waals surface area contributed by atoms with E-state index in [1.165, 1.54) is 12.8 Å². The van der Waals surface area contributed by atoms with Crippen LogP contribution in [0, 0.1) is 23.7 Å². The highest BCUT2D eigenvalue weighted by Crippen LogP contribution is 2.60. The molecule has 2 nitrogen and oxygen atoms in total. The first-order valence-electron chi connectivity index (χ1n) is 6.15. The van der Waals surface area contributed by atoms with Gasteiger partial charge in [0.15, 0.2) is 0 Å². The Morgan fingerprint density at radius 3 is 2.80 bits per heavy atom. The quantitative estimate of drug-likeness (QED) is 0.564. The lowest BCUT2D eigenvalue weighted by atomic mass is 9.61. The maximum absolute atomic E-state index is 12.0. The van der Waals surface area contributed by atoms with Crippen LogP contribution in [0.1, 0.15) is 25.7 Å². The number of fused-ring (bicyclic) bond motifs is 6. The van der Waals surface area contributed by atoms with E-state index in [-0.39, 0.29) is 5.60 Å². The first kappa shape index (κ1) is 8.51. The van der Waals surface area contributed by atoms with Crippen molar-refractivity contribution in [3.05, 3.63) is 12.2 Å². The largest absolute Gasteiger partial charge is 0.374 e. The summed E-state index contributed by atoms with van der Waals surface area (Å²) in [5, 5.41) is 0. The van der Waals surface area contributed by atoms with E-state index in [0.717, 1.165) is 19.4 Å². The van der Waals surface area contributed by atoms with Crippen molar-refractivity contribution in [1.29, 1.82) is 0 Å². The SMILES string of the molecule is O=C1CC[C@]2(CCO2)[C@@H]2[C@H]1[C@@H]1C=C[C@H]2C1. The van der Waals surface area contributed by atoms with Crippen molar-refractivity contribution in [2.45, 2.75) is 31.3 Å². The highest BCUT2D eigenvalue weighted by molar-refractivity contribution is 5.84. The van der Waals surface area contributed by atoms with E-state index in [2.05, 4.69) is 12.2 Å². The van der Waals surface area contributed by atoms with Gasteiger partial charge in [0, 0.05) is 24.7 Å². The zero-order chi connectivity index (χ0) is 10.0. The number of allylic oxidation sites excluding steroid dienone is 2. The first-order chi connectivity index (χ1) is 7.30. The fraction of sp³-hybridized carbons (Fsp3) is 0.769. The minimum Gasteiger partial charge on any atom is -0.374 e. The Bertz CT molecular complexity index is 354. The molecule has 0 radical (unpaired) electrons. The number of ketones is 1. The van der Waals surface area contributed by atoms with Gasteiger partial charge in [0.1, 0.15) is 5.78 Å². The van der Waals surface area contributed by atoms with E-state index < -0.39 is 0 Å². The molecule has 0 aromatic heterocycles. The van der Waals surface area contributed by atoms with Crippen molar-refractivity contribution in [1.82, 2.24) is 0 Å². The Morgan fingerprint density at radius 2 is 2.07 bits per heavy atom. The summed E-state index contributed by atoms with van der Waals surface area (Å²) in [6, 6.07) is 0. The molecule has 5 atom stereocenters. The van der Waals surface area contributed by atoms with Crippen molar-refractivity contribution in [2.24, 2.45) is 23.7 Å². The van der Waals surface area contributed by atoms with E-state index in [0.29, 0.717) is 29.5 Å². The average Bonchev–Trinajstić information content (AvgIpc) is 2.76. The summed E-state index contributed by atoms with van der Waals surface area (Å²) >= 11 is 0. The van der Waals surface area contributed by atoms with E-state index in [1.54, 1.807) is 0 Å². The number of carbonyl (C=O) groups is 1. The predicted octanol–water partition coefficient (Wildman–Crippen LogP) is 1.95. The molecule has 1 spiro atoms. The average molecular weight is 204 g/mol. The Labute approximate surface area is 89.7 Å². The fourth-order valence-electron chi connectivity index (χ4n) is 4.47. The van der Waals surface area contributed by atoms with Gasteiger partial charge < -0.3 is 4.74 Å². The lowest BCUT2D eigenvalue weighted by molar-refractivity contribution is -0.211. The van der Waals surface area contributed by atoms with Gasteiger partial charge in [-0.05, 0) is 24.7 Å². The second-order valence-corrected chi connectivity index (χ2v) is 5.63. The van der Waals surface area contributed by atoms with Gasteiger partial charge in [-0.3, -0.25) is 4.79 Å². The first-order valence-corrected chi connectivity index (χ1v) is 6.15. The van der Waals surface area contributed by atoms with Gasteiger partial charge >= 0.3 is 0 Å². The van der Waals surface area contributed by atoms with Crippen LogP contribution in [-0.2, 0) is 9.53 Å². The van der Waals surface area contributed by atoms with Crippen molar-refractivity contribution >= 4 is 5.78 Å². The molecule has 0 aromatic rings. The van der Waals surface area contributed by atoms with Crippen LogP contribution >= 0.6 is 0 Å². The van der Waals surface area contributed by atoms with Crippen molar-refractivity contribution in [3.63, 3.8) is 0 Å². The molecule has 1 heterocycles. The highest BCUT2D eigenvalue weighted by atomic mass is 16.5. The maximum atomic E-state index is 12.0. The summed E-state index contributed by atoms with van der Waals surface area (Å²) in [4.78, 5) is 12.0. The highest BCUT2D eigenvalue weighted by Gasteiger charge is 2.61. The minimum absolute atomic E-state index is 0.114. The lowest BCUT2D eigenvalue weighted by Gasteiger charge is -2.53. The normalized spacial score (nSPS) is 55.9. The third-order valence-corrected chi connectivity index (χ3v) is 5.15. The number of ether oxygens (including phenoxy) is 1. The Hall–Kier alpha value is -0.630. The standard InChI is InChI=1S/C13H16O2/c14-10-3-4-13(5-6-15-13)12-9-2-1-8(7-9)11(10)12/h1-2,8-9,11-12H,3-7H2/t8-,9+,11+,12+,13+/m1/s1. The second kappa shape index (κ2) is 2.54. The number of hydrogen-bond donors (Lipinski definition) is 0. The summed E-state index contributed by atoms with van der Waals surface area (Å²) in [5.74, 6) is 2.55. The summed E-state index contributed by atoms with van der Waals surface area (Å²) in [6.07, 6.45) is 8.78.